The Morgan fingerprint density at radius 1 is 1.00 bits per heavy atom. The van der Waals surface area contributed by atoms with Crippen LogP contribution in [0.25, 0.3) is 0 Å². The Hall–Kier alpha value is 4.96. The van der Waals surface area contributed by atoms with Gasteiger partial charge in [-0.1, -0.05) is 0 Å². The van der Waals surface area contributed by atoms with E-state index in [-0.39, 0.29) is 154 Å². The molecule has 0 aromatic rings. The van der Waals surface area contributed by atoms with Crippen molar-refractivity contribution >= 4 is 138 Å². The summed E-state index contributed by atoms with van der Waals surface area (Å²) in [7, 11) is 0. The van der Waals surface area contributed by atoms with Gasteiger partial charge in [0, 0.05) is 16.5 Å². The van der Waals surface area contributed by atoms with E-state index in [1.54, 1.807) is 0 Å². The van der Waals surface area contributed by atoms with Crippen LogP contribution in [0, 0.1) is 0 Å². The molecule has 0 aromatic heterocycles. The van der Waals surface area contributed by atoms with Gasteiger partial charge in [0.25, 0.3) is 0 Å². The van der Waals surface area contributed by atoms with E-state index in [9.17, 15) is 0 Å². The molecule has 0 aliphatic heterocycles. The summed E-state index contributed by atoms with van der Waals surface area (Å²) in [5.41, 5.74) is 0. The zero-order valence-corrected chi connectivity index (χ0v) is 1.30. The zero-order valence-electron chi connectivity index (χ0n) is 0.316. The zero-order chi connectivity index (χ0) is 0. The van der Waals surface area contributed by atoms with Gasteiger partial charge < -0.3 is 0 Å². The smallest absolute Gasteiger partial charge is 0 e. The Kier molecular flexibility index (Phi) is 239. The summed E-state index contributed by atoms with van der Waals surface area (Å²) < 4.78 is 0. The van der Waals surface area contributed by atoms with Gasteiger partial charge in [-0.3, -0.25) is 0 Å². The summed E-state index contributed by atoms with van der Waals surface area (Å²) in [5.74, 6) is 0. The van der Waals surface area contributed by atoms with Crippen molar-refractivity contribution in [2.75, 3.05) is 0 Å². The van der Waals surface area contributed by atoms with Gasteiger partial charge in [0.1, 0.15) is 0 Å². The Bertz CT molecular complexity index is 15.5. The van der Waals surface area contributed by atoms with Gasteiger partial charge in [0.15, 0.2) is 17.4 Å². The van der Waals surface area contributed by atoms with E-state index in [0.717, 1.165) is 0 Å². The first kappa shape index (κ1) is 44.2. The van der Waals surface area contributed by atoms with E-state index < -0.39 is 0 Å². The summed E-state index contributed by atoms with van der Waals surface area (Å²) >= 11 is 0. The first-order valence-electron chi connectivity index (χ1n) is 0. The van der Waals surface area contributed by atoms with Crippen LogP contribution < -0.4 is 0 Å². The van der Waals surface area contributed by atoms with E-state index in [1.807, 2.05) is 0 Å². The molecule has 0 rings (SSSR count). The number of hydrogen-bond acceptors (Lipinski definition) is 0. The van der Waals surface area contributed by atoms with Gasteiger partial charge in [-0.05, 0) is 0 Å². The minimum Gasteiger partial charge on any atom is 0 e. The maximum atomic E-state index is 0. The molecule has 6 heteroatoms. The fourth-order valence-corrected chi connectivity index (χ4v) is 0. The molecule has 0 nitrogen and oxygen atoms in total. The van der Waals surface area contributed by atoms with Crippen molar-refractivity contribution in [2.45, 2.75) is 0 Å². The molecule has 0 amide bonds. The van der Waals surface area contributed by atoms with Gasteiger partial charge >= 0.3 is 120 Å². The SMILES string of the molecule is [AlH3].[BaH2].[LiH].[MgH2].[NaH].[Ni]. The predicted octanol–water partition coefficient (Wildman–Crippen LogP) is -4.32. The second-order valence-corrected chi connectivity index (χ2v) is 0. The second kappa shape index (κ2) is 32.5. The normalized spacial score (nSPS) is 0. The second-order valence-electron chi connectivity index (χ2n) is 0. The predicted molar refractivity (Wildman–Crippen MR) is 41.3 cm³/mol. The van der Waals surface area contributed by atoms with E-state index in [4.69, 9.17) is 0 Å². The van der Waals surface area contributed by atoms with Crippen LogP contribution in [0.3, 0.4) is 0 Å². The monoisotopic (exact) mass is 286 g/mol. The first-order chi connectivity index (χ1) is 0. The summed E-state index contributed by atoms with van der Waals surface area (Å²) in [6, 6.07) is 0. The molecule has 0 radical (unpaired) electrons. The van der Waals surface area contributed by atoms with Crippen molar-refractivity contribution in [3.05, 3.63) is 0 Å². The van der Waals surface area contributed by atoms with Crippen LogP contribution in [0.1, 0.15) is 0 Å². The summed E-state index contributed by atoms with van der Waals surface area (Å²) in [6.07, 6.45) is 0. The van der Waals surface area contributed by atoms with Crippen LogP contribution >= 0.6 is 0 Å². The Morgan fingerprint density at radius 3 is 1.00 bits per heavy atom. The molecule has 0 aliphatic carbocycles. The maximum absolute atomic E-state index is 0. The Balaban J connectivity index is 0. The molecule has 0 aromatic carbocycles. The van der Waals surface area contributed by atoms with Crippen molar-refractivity contribution in [3.63, 3.8) is 0 Å². The van der Waals surface area contributed by atoms with Crippen LogP contribution in [-0.4, -0.2) is 138 Å². The van der Waals surface area contributed by atoms with E-state index in [0.29, 0.717) is 0 Å². The molecule has 6 heavy (non-hydrogen) atoms. The fraction of sp³-hybridized carbons (Fsp3) is 0. The molecule has 0 unspecified atom stereocenters. The summed E-state index contributed by atoms with van der Waals surface area (Å²) in [4.78, 5) is 0. The maximum Gasteiger partial charge on any atom is 0 e. The van der Waals surface area contributed by atoms with Gasteiger partial charge in [0.2, 0.25) is 0 Å². The van der Waals surface area contributed by atoms with Gasteiger partial charge in [-0.15, -0.1) is 0 Å². The van der Waals surface area contributed by atoms with Gasteiger partial charge in [0.05, 0.1) is 0 Å². The van der Waals surface area contributed by atoms with Crippen LogP contribution in [-0.2, 0) is 16.5 Å². The summed E-state index contributed by atoms with van der Waals surface area (Å²) in [6.45, 7) is 0. The average Bonchev–Trinajstić information content (AvgIpc) is 0. The molecule has 0 atom stereocenters. The molecule has 0 N–H and O–H groups in total. The molecule has 0 saturated carbocycles. The molecule has 0 bridgehead atoms. The minimum absolute atomic E-state index is 0. The Morgan fingerprint density at radius 2 is 1.00 bits per heavy atom. The molecule has 0 heterocycles. The van der Waals surface area contributed by atoms with Crippen molar-refractivity contribution in [1.29, 1.82) is 0 Å². The largest absolute Gasteiger partial charge is 0 e. The van der Waals surface area contributed by atoms with Crippen LogP contribution in [0.15, 0.2) is 0 Å². The average molecular weight is 286 g/mol. The van der Waals surface area contributed by atoms with Crippen molar-refractivity contribution < 1.29 is 16.5 Å². The van der Waals surface area contributed by atoms with E-state index in [2.05, 4.69) is 0 Å². The van der Waals surface area contributed by atoms with E-state index in [1.165, 1.54) is 0 Å². The molecule has 0 aliphatic rings. The molecule has 0 spiro atoms. The number of hydrogen-bond donors (Lipinski definition) is 0. The van der Waals surface area contributed by atoms with Gasteiger partial charge in [-0.25, -0.2) is 0 Å². The van der Waals surface area contributed by atoms with Crippen LogP contribution in [0.5, 0.6) is 0 Å². The molecular weight excluding hydrogens is 277 g/mol. The molecule has 0 fully saturated rings. The third kappa shape index (κ3) is 23.1. The van der Waals surface area contributed by atoms with E-state index >= 15 is 0 Å². The third-order valence-electron chi connectivity index (χ3n) is 0. The molecular formula is H9AlBaLiMgNaNi. The van der Waals surface area contributed by atoms with Gasteiger partial charge in [-0.2, -0.15) is 0 Å². The molecule has 0 saturated heterocycles. The minimum atomic E-state index is 0. The molecule has 28 valence electrons. The van der Waals surface area contributed by atoms with Crippen molar-refractivity contribution in [1.82, 2.24) is 0 Å². The van der Waals surface area contributed by atoms with Crippen molar-refractivity contribution in [3.8, 4) is 0 Å². The quantitative estimate of drug-likeness (QED) is 0.395. The van der Waals surface area contributed by atoms with Crippen LogP contribution in [0.2, 0.25) is 0 Å². The number of rotatable bonds is 0. The topological polar surface area (TPSA) is 0 Å². The van der Waals surface area contributed by atoms with Crippen molar-refractivity contribution in [2.24, 2.45) is 0 Å². The summed E-state index contributed by atoms with van der Waals surface area (Å²) in [5, 5.41) is 0. The fourth-order valence-electron chi connectivity index (χ4n) is 0. The standard InChI is InChI=1S/Al.Ba.Li.Mg.Na.Ni.9H. The Labute approximate surface area is 150 Å². The third-order valence-corrected chi connectivity index (χ3v) is 0. The first-order valence-corrected chi connectivity index (χ1v) is 0. The van der Waals surface area contributed by atoms with Crippen LogP contribution in [0.4, 0.5) is 0 Å².